The second kappa shape index (κ2) is 4.29. The van der Waals surface area contributed by atoms with Gasteiger partial charge in [-0.3, -0.25) is 4.52 Å². The van der Waals surface area contributed by atoms with Gasteiger partial charge in [0, 0.05) is 0 Å². The van der Waals surface area contributed by atoms with E-state index in [1.165, 1.54) is 0 Å². The molecule has 0 amide bonds. The summed E-state index contributed by atoms with van der Waals surface area (Å²) in [5.74, 6) is 0.321. The maximum Gasteiger partial charge on any atom is 0.296 e. The molecule has 0 spiro atoms. The molecule has 7 heteroatoms. The Hall–Kier alpha value is -1.01. The molecule has 0 aliphatic carbocycles. The van der Waals surface area contributed by atoms with Gasteiger partial charge in [-0.25, -0.2) is 0 Å². The van der Waals surface area contributed by atoms with Crippen molar-refractivity contribution >= 4 is 18.3 Å². The minimum Gasteiger partial charge on any atom is -0.377 e. The lowest BCUT2D eigenvalue weighted by atomic mass is 10.5. The Morgan fingerprint density at radius 2 is 2.15 bits per heavy atom. The maximum atomic E-state index is 5.38. The highest BCUT2D eigenvalue weighted by Gasteiger charge is 2.21. The number of hydrogen-bond donors (Lipinski definition) is 1. The zero-order valence-corrected chi connectivity index (χ0v) is 7.87. The molecule has 0 aromatic carbocycles. The standard InChI is InChI=1S/C6H11N4O2.ClH/c7-6-5-10(8-12-6)9-1-3-11-4-2-9;/h5H,1-4,7H2;1H/q+1;. The van der Waals surface area contributed by atoms with Crippen LogP contribution in [0.3, 0.4) is 0 Å². The van der Waals surface area contributed by atoms with Crippen LogP contribution in [-0.2, 0) is 4.74 Å². The van der Waals surface area contributed by atoms with Crippen molar-refractivity contribution in [3.63, 3.8) is 0 Å². The van der Waals surface area contributed by atoms with Gasteiger partial charge < -0.3 is 10.5 Å². The summed E-state index contributed by atoms with van der Waals surface area (Å²) in [6.07, 6.45) is 1.64. The minimum absolute atomic E-state index is 0. The van der Waals surface area contributed by atoms with Gasteiger partial charge in [0.2, 0.25) is 5.27 Å². The quantitative estimate of drug-likeness (QED) is 0.595. The second-order valence-corrected chi connectivity index (χ2v) is 2.59. The van der Waals surface area contributed by atoms with Gasteiger partial charge in [0.05, 0.1) is 31.1 Å². The van der Waals surface area contributed by atoms with Crippen molar-refractivity contribution in [1.29, 1.82) is 0 Å². The summed E-state index contributed by atoms with van der Waals surface area (Å²) >= 11 is 0. The number of hydrogen-bond acceptors (Lipinski definition) is 5. The molecular formula is C6H12ClN4O2+. The van der Waals surface area contributed by atoms with Crippen LogP contribution in [0.1, 0.15) is 0 Å². The lowest BCUT2D eigenvalue weighted by Gasteiger charge is -2.18. The van der Waals surface area contributed by atoms with E-state index >= 15 is 0 Å². The highest BCUT2D eigenvalue weighted by atomic mass is 35.5. The molecule has 74 valence electrons. The van der Waals surface area contributed by atoms with E-state index in [9.17, 15) is 0 Å². The Balaban J connectivity index is 0.000000845. The van der Waals surface area contributed by atoms with Crippen LogP contribution in [0.2, 0.25) is 0 Å². The number of nitrogens with zero attached hydrogens (tertiary/aromatic N) is 3. The minimum atomic E-state index is 0. The van der Waals surface area contributed by atoms with Gasteiger partial charge in [-0.05, 0) is 0 Å². The number of nitrogens with two attached hydrogens (primary N) is 1. The van der Waals surface area contributed by atoms with Crippen LogP contribution in [0.4, 0.5) is 5.88 Å². The molecule has 0 radical (unpaired) electrons. The SMILES string of the molecule is Cl.Nc1c[n+](N2CCOCC2)no1. The summed E-state index contributed by atoms with van der Waals surface area (Å²) in [7, 11) is 0. The largest absolute Gasteiger partial charge is 0.377 e. The second-order valence-electron chi connectivity index (χ2n) is 2.59. The zero-order valence-electron chi connectivity index (χ0n) is 7.05. The van der Waals surface area contributed by atoms with Crippen molar-refractivity contribution in [3.8, 4) is 0 Å². The molecule has 6 nitrogen and oxygen atoms in total. The van der Waals surface area contributed by atoms with Crippen molar-refractivity contribution in [2.24, 2.45) is 0 Å². The molecule has 1 aliphatic rings. The van der Waals surface area contributed by atoms with Crippen molar-refractivity contribution in [1.82, 2.24) is 5.27 Å². The van der Waals surface area contributed by atoms with E-state index in [0.29, 0.717) is 5.88 Å². The lowest BCUT2D eigenvalue weighted by molar-refractivity contribution is -0.759. The fourth-order valence-electron chi connectivity index (χ4n) is 1.14. The molecular weight excluding hydrogens is 196 g/mol. The smallest absolute Gasteiger partial charge is 0.296 e. The molecule has 0 unspecified atom stereocenters. The molecule has 1 aliphatic heterocycles. The number of nitrogen functional groups attached to an aromatic ring is 1. The van der Waals surface area contributed by atoms with Crippen LogP contribution < -0.4 is 15.5 Å². The number of halogens is 1. The number of aromatic nitrogens is 2. The molecule has 1 fully saturated rings. The average molecular weight is 208 g/mol. The fourth-order valence-corrected chi connectivity index (χ4v) is 1.14. The van der Waals surface area contributed by atoms with Crippen LogP contribution in [0.15, 0.2) is 10.7 Å². The highest BCUT2D eigenvalue weighted by molar-refractivity contribution is 5.85. The molecule has 2 rings (SSSR count). The Morgan fingerprint density at radius 3 is 2.69 bits per heavy atom. The van der Waals surface area contributed by atoms with E-state index in [0.717, 1.165) is 26.3 Å². The summed E-state index contributed by atoms with van der Waals surface area (Å²) in [5.41, 5.74) is 5.38. The Labute approximate surface area is 81.6 Å². The first-order valence-electron chi connectivity index (χ1n) is 3.83. The van der Waals surface area contributed by atoms with Crippen LogP contribution in [0.5, 0.6) is 0 Å². The molecule has 1 aromatic rings. The summed E-state index contributed by atoms with van der Waals surface area (Å²) < 4.78 is 9.91. The summed E-state index contributed by atoms with van der Waals surface area (Å²) in [6.45, 7) is 3.08. The number of ether oxygens (including phenoxy) is 1. The molecule has 2 N–H and O–H groups in total. The van der Waals surface area contributed by atoms with Crippen LogP contribution in [0, 0.1) is 0 Å². The predicted molar refractivity (Wildman–Crippen MR) is 47.1 cm³/mol. The van der Waals surface area contributed by atoms with E-state index in [-0.39, 0.29) is 12.4 Å². The van der Waals surface area contributed by atoms with Crippen LogP contribution in [0.25, 0.3) is 0 Å². The van der Waals surface area contributed by atoms with Gasteiger partial charge in [-0.15, -0.1) is 17.4 Å². The van der Waals surface area contributed by atoms with E-state index in [1.54, 1.807) is 11.0 Å². The van der Waals surface area contributed by atoms with Crippen molar-refractivity contribution in [3.05, 3.63) is 6.20 Å². The summed E-state index contributed by atoms with van der Waals surface area (Å²) in [5, 5.41) is 5.73. The van der Waals surface area contributed by atoms with Crippen molar-refractivity contribution in [2.75, 3.05) is 37.0 Å². The van der Waals surface area contributed by atoms with Gasteiger partial charge >= 0.3 is 0 Å². The van der Waals surface area contributed by atoms with Gasteiger partial charge in [0.25, 0.3) is 12.1 Å². The maximum absolute atomic E-state index is 5.38. The molecule has 0 bridgehead atoms. The molecule has 0 saturated carbocycles. The first kappa shape index (κ1) is 10.1. The van der Waals surface area contributed by atoms with Gasteiger partial charge in [0.15, 0.2) is 0 Å². The van der Waals surface area contributed by atoms with Gasteiger partial charge in [0.1, 0.15) is 0 Å². The van der Waals surface area contributed by atoms with Crippen LogP contribution in [-0.4, -0.2) is 31.6 Å². The number of anilines is 1. The Morgan fingerprint density at radius 1 is 1.46 bits per heavy atom. The third-order valence-electron chi connectivity index (χ3n) is 1.75. The lowest BCUT2D eigenvalue weighted by Crippen LogP contribution is -2.62. The number of rotatable bonds is 1. The predicted octanol–water partition coefficient (Wildman–Crippen LogP) is -1.07. The molecule has 0 atom stereocenters. The summed E-state index contributed by atoms with van der Waals surface area (Å²) in [4.78, 5) is 1.61. The number of morpholine rings is 1. The van der Waals surface area contributed by atoms with Gasteiger partial charge in [-0.1, -0.05) is 0 Å². The van der Waals surface area contributed by atoms with Crippen molar-refractivity contribution < 1.29 is 14.1 Å². The van der Waals surface area contributed by atoms with E-state index in [4.69, 9.17) is 15.0 Å². The first-order chi connectivity index (χ1) is 5.86. The molecule has 13 heavy (non-hydrogen) atoms. The third kappa shape index (κ3) is 2.22. The monoisotopic (exact) mass is 207 g/mol. The third-order valence-corrected chi connectivity index (χ3v) is 1.75. The van der Waals surface area contributed by atoms with E-state index in [1.807, 2.05) is 5.01 Å². The molecule has 1 saturated heterocycles. The highest BCUT2D eigenvalue weighted by Crippen LogP contribution is 1.93. The van der Waals surface area contributed by atoms with Crippen molar-refractivity contribution in [2.45, 2.75) is 0 Å². The van der Waals surface area contributed by atoms with E-state index < -0.39 is 0 Å². The summed E-state index contributed by atoms with van der Waals surface area (Å²) in [6, 6.07) is 0. The zero-order chi connectivity index (χ0) is 8.39. The van der Waals surface area contributed by atoms with Crippen LogP contribution >= 0.6 is 12.4 Å². The first-order valence-corrected chi connectivity index (χ1v) is 3.83. The van der Waals surface area contributed by atoms with E-state index in [2.05, 4.69) is 5.27 Å². The topological polar surface area (TPSA) is 68.4 Å². The normalized spacial score (nSPS) is 16.8. The fraction of sp³-hybridized carbons (Fsp3) is 0.667. The molecule has 2 heterocycles. The molecule has 1 aromatic heterocycles. The Kier molecular flexibility index (Phi) is 3.32. The Bertz CT molecular complexity index is 261. The van der Waals surface area contributed by atoms with Gasteiger partial charge in [-0.2, -0.15) is 0 Å². The average Bonchev–Trinajstić information content (AvgIpc) is 2.54.